The van der Waals surface area contributed by atoms with E-state index < -0.39 is 0 Å². The molecule has 0 aliphatic rings. The maximum Gasteiger partial charge on any atom is 0.244 e. The molecule has 0 bridgehead atoms. The molecule has 0 fully saturated rings. The Morgan fingerprint density at radius 2 is 2.04 bits per heavy atom. The molecule has 0 radical (unpaired) electrons. The van der Waals surface area contributed by atoms with Crippen LogP contribution in [0.15, 0.2) is 53.4 Å². The molecule has 0 aliphatic carbocycles. The number of thioether (sulfide) groups is 1. The van der Waals surface area contributed by atoms with E-state index in [4.69, 9.17) is 16.3 Å². The van der Waals surface area contributed by atoms with E-state index in [-0.39, 0.29) is 11.7 Å². The number of carbonyl (C=O) groups is 1. The number of ether oxygens (including phenoxy) is 1. The number of nitrogens with one attached hydrogen (secondary N) is 1. The van der Waals surface area contributed by atoms with Gasteiger partial charge in [0.2, 0.25) is 5.91 Å². The Morgan fingerprint density at radius 1 is 1.29 bits per heavy atom. The van der Waals surface area contributed by atoms with Crippen LogP contribution in [0.25, 0.3) is 6.08 Å². The molecule has 2 aromatic rings. The summed E-state index contributed by atoms with van der Waals surface area (Å²) in [4.78, 5) is 12.2. The molecular weight excluding hydrogens is 349 g/mol. The van der Waals surface area contributed by atoms with Crippen LogP contribution in [0.3, 0.4) is 0 Å². The van der Waals surface area contributed by atoms with E-state index >= 15 is 0 Å². The second-order valence-corrected chi connectivity index (χ2v) is 6.31. The first-order chi connectivity index (χ1) is 11.6. The highest BCUT2D eigenvalue weighted by molar-refractivity contribution is 7.99. The molecule has 0 saturated heterocycles. The van der Waals surface area contributed by atoms with Crippen molar-refractivity contribution in [3.63, 3.8) is 0 Å². The number of methoxy groups -OCH3 is 1. The minimum absolute atomic E-state index is 0.203. The largest absolute Gasteiger partial charge is 0.497 e. The van der Waals surface area contributed by atoms with Crippen LogP contribution < -0.4 is 10.1 Å². The third-order valence-electron chi connectivity index (χ3n) is 3.11. The van der Waals surface area contributed by atoms with E-state index in [1.165, 1.54) is 23.9 Å². The lowest BCUT2D eigenvalue weighted by Crippen LogP contribution is -2.23. The molecule has 24 heavy (non-hydrogen) atoms. The van der Waals surface area contributed by atoms with Crippen molar-refractivity contribution in [2.45, 2.75) is 4.90 Å². The Morgan fingerprint density at radius 3 is 2.71 bits per heavy atom. The highest BCUT2D eigenvalue weighted by Crippen LogP contribution is 2.29. The topological polar surface area (TPSA) is 38.3 Å². The minimum Gasteiger partial charge on any atom is -0.497 e. The van der Waals surface area contributed by atoms with Crippen molar-refractivity contribution in [1.29, 1.82) is 0 Å². The van der Waals surface area contributed by atoms with Gasteiger partial charge in [-0.25, -0.2) is 4.39 Å². The van der Waals surface area contributed by atoms with Crippen molar-refractivity contribution < 1.29 is 13.9 Å². The van der Waals surface area contributed by atoms with E-state index in [1.54, 1.807) is 25.3 Å². The quantitative estimate of drug-likeness (QED) is 0.448. The summed E-state index contributed by atoms with van der Waals surface area (Å²) in [5, 5.41) is 3.13. The van der Waals surface area contributed by atoms with Gasteiger partial charge in [0.15, 0.2) is 0 Å². The molecule has 2 rings (SSSR count). The van der Waals surface area contributed by atoms with E-state index in [0.29, 0.717) is 22.2 Å². The summed E-state index contributed by atoms with van der Waals surface area (Å²) in [6.45, 7) is 0.418. The number of benzene rings is 2. The van der Waals surface area contributed by atoms with E-state index in [2.05, 4.69) is 5.32 Å². The summed E-state index contributed by atoms with van der Waals surface area (Å²) in [5.74, 6) is 0.743. The van der Waals surface area contributed by atoms with Crippen LogP contribution in [-0.4, -0.2) is 25.3 Å². The van der Waals surface area contributed by atoms with Gasteiger partial charge in [0.05, 0.1) is 17.0 Å². The fourth-order valence-electron chi connectivity index (χ4n) is 1.89. The Balaban J connectivity index is 1.75. The zero-order chi connectivity index (χ0) is 17.4. The van der Waals surface area contributed by atoms with Crippen molar-refractivity contribution >= 4 is 35.3 Å². The van der Waals surface area contributed by atoms with E-state index in [1.807, 2.05) is 24.3 Å². The highest BCUT2D eigenvalue weighted by atomic mass is 35.5. The zero-order valence-electron chi connectivity index (χ0n) is 13.1. The first kappa shape index (κ1) is 18.4. The average molecular weight is 366 g/mol. The number of hydrogen-bond donors (Lipinski definition) is 1. The zero-order valence-corrected chi connectivity index (χ0v) is 14.7. The predicted octanol–water partition coefficient (Wildman–Crippen LogP) is 4.41. The fourth-order valence-corrected chi connectivity index (χ4v) is 3.04. The minimum atomic E-state index is -0.349. The van der Waals surface area contributed by atoms with Crippen molar-refractivity contribution in [1.82, 2.24) is 5.32 Å². The van der Waals surface area contributed by atoms with E-state index in [9.17, 15) is 9.18 Å². The molecule has 3 nitrogen and oxygen atoms in total. The summed E-state index contributed by atoms with van der Waals surface area (Å²) >= 11 is 7.22. The summed E-state index contributed by atoms with van der Waals surface area (Å²) in [6.07, 6.45) is 3.18. The van der Waals surface area contributed by atoms with Crippen LogP contribution in [0.4, 0.5) is 4.39 Å². The Kier molecular flexibility index (Phi) is 7.15. The summed E-state index contributed by atoms with van der Waals surface area (Å²) in [5.41, 5.74) is 0.901. The number of carbonyl (C=O) groups excluding carboxylic acids is 1. The lowest BCUT2D eigenvalue weighted by Gasteiger charge is -2.06. The van der Waals surface area contributed by atoms with Gasteiger partial charge in [-0.05, 0) is 35.9 Å². The van der Waals surface area contributed by atoms with Crippen LogP contribution in [0.1, 0.15) is 5.56 Å². The lowest BCUT2D eigenvalue weighted by atomic mass is 10.2. The molecular formula is C18H17ClFNO2S. The smallest absolute Gasteiger partial charge is 0.244 e. The molecule has 0 aliphatic heterocycles. The van der Waals surface area contributed by atoms with Crippen LogP contribution in [0.2, 0.25) is 5.02 Å². The molecule has 2 aromatic carbocycles. The van der Waals surface area contributed by atoms with Gasteiger partial charge in [-0.15, -0.1) is 11.8 Å². The SMILES string of the molecule is COc1ccc(/C=C/C(=O)NCCSc2c(F)cccc2Cl)cc1. The predicted molar refractivity (Wildman–Crippen MR) is 97.2 cm³/mol. The molecule has 0 spiro atoms. The molecule has 0 atom stereocenters. The van der Waals surface area contributed by atoms with Crippen LogP contribution >= 0.6 is 23.4 Å². The average Bonchev–Trinajstić information content (AvgIpc) is 2.59. The first-order valence-electron chi connectivity index (χ1n) is 7.27. The normalized spacial score (nSPS) is 10.8. The van der Waals surface area contributed by atoms with Crippen LogP contribution in [0.5, 0.6) is 5.75 Å². The lowest BCUT2D eigenvalue weighted by molar-refractivity contribution is -0.116. The Bertz CT molecular complexity index is 699. The van der Waals surface area contributed by atoms with Crippen molar-refractivity contribution in [2.75, 3.05) is 19.4 Å². The molecule has 0 aromatic heterocycles. The van der Waals surface area contributed by atoms with Crippen molar-refractivity contribution in [3.05, 3.63) is 64.9 Å². The number of amides is 1. The molecule has 1 amide bonds. The monoisotopic (exact) mass is 365 g/mol. The van der Waals surface area contributed by atoms with Gasteiger partial charge in [-0.1, -0.05) is 29.8 Å². The molecule has 126 valence electrons. The number of halogens is 2. The Hall–Kier alpha value is -1.98. The standard InChI is InChI=1S/C18H17ClFNO2S/c1-23-14-8-5-13(6-9-14)7-10-17(22)21-11-12-24-18-15(19)3-2-4-16(18)20/h2-10H,11-12H2,1H3,(H,21,22)/b10-7+. The van der Waals surface area contributed by atoms with Gasteiger partial charge in [0, 0.05) is 18.4 Å². The summed E-state index contributed by atoms with van der Waals surface area (Å²) in [6, 6.07) is 11.9. The third-order valence-corrected chi connectivity index (χ3v) is 4.65. The van der Waals surface area contributed by atoms with Crippen molar-refractivity contribution in [2.24, 2.45) is 0 Å². The van der Waals surface area contributed by atoms with Gasteiger partial charge >= 0.3 is 0 Å². The number of hydrogen-bond acceptors (Lipinski definition) is 3. The molecule has 0 unspecified atom stereocenters. The van der Waals surface area contributed by atoms with E-state index in [0.717, 1.165) is 11.3 Å². The van der Waals surface area contributed by atoms with Crippen molar-refractivity contribution in [3.8, 4) is 5.75 Å². The number of rotatable bonds is 7. The van der Waals surface area contributed by atoms with Gasteiger partial charge in [0.25, 0.3) is 0 Å². The maximum absolute atomic E-state index is 13.6. The fraction of sp³-hybridized carbons (Fsp3) is 0.167. The molecule has 6 heteroatoms. The second-order valence-electron chi connectivity index (χ2n) is 4.80. The highest BCUT2D eigenvalue weighted by Gasteiger charge is 2.07. The van der Waals surface area contributed by atoms with Gasteiger partial charge in [-0.3, -0.25) is 4.79 Å². The maximum atomic E-state index is 13.6. The Labute approximate surface area is 149 Å². The summed E-state index contributed by atoms with van der Waals surface area (Å²) < 4.78 is 18.7. The third kappa shape index (κ3) is 5.58. The first-order valence-corrected chi connectivity index (χ1v) is 8.63. The van der Waals surface area contributed by atoms with Gasteiger partial charge in [-0.2, -0.15) is 0 Å². The van der Waals surface area contributed by atoms with Gasteiger partial charge in [0.1, 0.15) is 11.6 Å². The molecule has 1 N–H and O–H groups in total. The molecule has 0 saturated carbocycles. The molecule has 0 heterocycles. The summed E-state index contributed by atoms with van der Waals surface area (Å²) in [7, 11) is 1.60. The van der Waals surface area contributed by atoms with Crippen LogP contribution in [-0.2, 0) is 4.79 Å². The second kappa shape index (κ2) is 9.35. The van der Waals surface area contributed by atoms with Crippen LogP contribution in [0, 0.1) is 5.82 Å². The van der Waals surface area contributed by atoms with Gasteiger partial charge < -0.3 is 10.1 Å².